The Balaban J connectivity index is 2.05. The van der Waals surface area contributed by atoms with Crippen LogP contribution in [0, 0.1) is 11.8 Å². The summed E-state index contributed by atoms with van der Waals surface area (Å²) in [6.07, 6.45) is 1.41. The Morgan fingerprint density at radius 1 is 1.40 bits per heavy atom. The molecule has 1 aromatic carbocycles. The van der Waals surface area contributed by atoms with Crippen LogP contribution >= 0.6 is 0 Å². The Morgan fingerprint density at radius 2 is 2.15 bits per heavy atom. The lowest BCUT2D eigenvalue weighted by atomic mass is 10.1. The molecule has 6 nitrogen and oxygen atoms in total. The van der Waals surface area contributed by atoms with Crippen LogP contribution in [0.2, 0.25) is 0 Å². The van der Waals surface area contributed by atoms with Crippen LogP contribution in [0.3, 0.4) is 0 Å². The van der Waals surface area contributed by atoms with Gasteiger partial charge < -0.3 is 10.0 Å². The molecule has 0 aliphatic carbocycles. The zero-order valence-electron chi connectivity index (χ0n) is 11.0. The minimum atomic E-state index is -0.180. The highest BCUT2D eigenvalue weighted by Crippen LogP contribution is 2.07. The zero-order valence-corrected chi connectivity index (χ0v) is 11.0. The molecule has 1 amide bonds. The fourth-order valence-corrected chi connectivity index (χ4v) is 1.66. The number of hydrogen-bond donors (Lipinski definition) is 2. The van der Waals surface area contributed by atoms with Gasteiger partial charge in [0.2, 0.25) is 0 Å². The summed E-state index contributed by atoms with van der Waals surface area (Å²) in [5.74, 6) is 5.86. The molecule has 2 aromatic rings. The highest BCUT2D eigenvalue weighted by molar-refractivity contribution is 5.94. The molecular formula is C14H14N4O2. The first-order valence-electron chi connectivity index (χ1n) is 6.00. The number of aliphatic hydroxyl groups excluding tert-OH is 1. The van der Waals surface area contributed by atoms with Crippen LogP contribution in [-0.2, 0) is 6.54 Å². The molecule has 20 heavy (non-hydrogen) atoms. The van der Waals surface area contributed by atoms with Crippen molar-refractivity contribution in [3.8, 4) is 11.8 Å². The number of benzene rings is 1. The number of hydrogen-bond acceptors (Lipinski definition) is 4. The summed E-state index contributed by atoms with van der Waals surface area (Å²) in [5, 5.41) is 15.1. The number of nitrogens with zero attached hydrogens (tertiary/aromatic N) is 3. The molecule has 0 saturated heterocycles. The maximum Gasteiger partial charge on any atom is 0.254 e. The molecule has 0 saturated carbocycles. The number of amides is 1. The molecule has 0 bridgehead atoms. The standard InChI is InChI=1S/C14H14N4O2/c1-18(9-13-15-10-16-17-13)14(20)12-6-4-11(5-7-12)3-2-8-19/h4-7,10,19H,8-9H2,1H3,(H,15,16,17). The lowest BCUT2D eigenvalue weighted by molar-refractivity contribution is 0.0781. The third-order valence-corrected chi connectivity index (χ3v) is 2.64. The first kappa shape index (κ1) is 13.8. The fraction of sp³-hybridized carbons (Fsp3) is 0.214. The van der Waals surface area contributed by atoms with Gasteiger partial charge in [0.05, 0.1) is 6.54 Å². The van der Waals surface area contributed by atoms with Crippen molar-refractivity contribution in [3.05, 3.63) is 47.5 Å². The van der Waals surface area contributed by atoms with Crippen LogP contribution in [-0.4, -0.2) is 44.7 Å². The lowest BCUT2D eigenvalue weighted by Gasteiger charge is -2.15. The number of carbonyl (C=O) groups excluding carboxylic acids is 1. The van der Waals surface area contributed by atoms with Gasteiger partial charge in [0, 0.05) is 18.2 Å². The normalized spacial score (nSPS) is 9.70. The second-order valence-electron chi connectivity index (χ2n) is 4.13. The topological polar surface area (TPSA) is 82.1 Å². The number of aromatic nitrogens is 3. The Kier molecular flexibility index (Phi) is 4.47. The van der Waals surface area contributed by atoms with Crippen molar-refractivity contribution >= 4 is 5.91 Å². The van der Waals surface area contributed by atoms with Gasteiger partial charge in [-0.2, -0.15) is 5.10 Å². The Bertz CT molecular complexity index is 623. The van der Waals surface area contributed by atoms with E-state index in [4.69, 9.17) is 5.11 Å². The summed E-state index contributed by atoms with van der Waals surface area (Å²) >= 11 is 0. The average molecular weight is 270 g/mol. The molecule has 2 rings (SSSR count). The van der Waals surface area contributed by atoms with Crippen LogP contribution in [0.4, 0.5) is 0 Å². The first-order valence-corrected chi connectivity index (χ1v) is 6.00. The predicted molar refractivity (Wildman–Crippen MR) is 72.6 cm³/mol. The van der Waals surface area contributed by atoms with Crippen LogP contribution in [0.15, 0.2) is 30.6 Å². The van der Waals surface area contributed by atoms with E-state index < -0.39 is 0 Å². The zero-order chi connectivity index (χ0) is 14.4. The maximum atomic E-state index is 12.2. The maximum absolute atomic E-state index is 12.2. The SMILES string of the molecule is CN(Cc1ncn[nH]1)C(=O)c1ccc(C#CCO)cc1. The first-order chi connectivity index (χ1) is 9.70. The van der Waals surface area contributed by atoms with Crippen molar-refractivity contribution < 1.29 is 9.90 Å². The molecule has 102 valence electrons. The lowest BCUT2D eigenvalue weighted by Crippen LogP contribution is -2.26. The van der Waals surface area contributed by atoms with Crippen molar-refractivity contribution in [1.82, 2.24) is 20.1 Å². The van der Waals surface area contributed by atoms with E-state index >= 15 is 0 Å². The molecule has 0 unspecified atom stereocenters. The molecule has 0 fully saturated rings. The number of aliphatic hydroxyl groups is 1. The van der Waals surface area contributed by atoms with E-state index in [0.717, 1.165) is 5.56 Å². The van der Waals surface area contributed by atoms with Gasteiger partial charge in [0.1, 0.15) is 18.8 Å². The molecule has 1 heterocycles. The van der Waals surface area contributed by atoms with E-state index in [1.54, 1.807) is 36.2 Å². The summed E-state index contributed by atoms with van der Waals surface area (Å²) in [4.78, 5) is 17.7. The van der Waals surface area contributed by atoms with Gasteiger partial charge in [-0.1, -0.05) is 11.8 Å². The molecule has 6 heteroatoms. The third kappa shape index (κ3) is 3.43. The molecule has 2 N–H and O–H groups in total. The molecule has 1 aromatic heterocycles. The summed E-state index contributed by atoms with van der Waals surface area (Å²) < 4.78 is 0. The third-order valence-electron chi connectivity index (χ3n) is 2.64. The molecular weight excluding hydrogens is 256 g/mol. The van der Waals surface area contributed by atoms with Gasteiger partial charge in [-0.25, -0.2) is 4.98 Å². The van der Waals surface area contributed by atoms with Crippen molar-refractivity contribution in [2.24, 2.45) is 0 Å². The van der Waals surface area contributed by atoms with Gasteiger partial charge in [0.25, 0.3) is 5.91 Å². The second-order valence-corrected chi connectivity index (χ2v) is 4.13. The van der Waals surface area contributed by atoms with E-state index in [1.165, 1.54) is 6.33 Å². The highest BCUT2D eigenvalue weighted by atomic mass is 16.2. The summed E-state index contributed by atoms with van der Waals surface area (Å²) in [5.41, 5.74) is 1.33. The number of carbonyl (C=O) groups is 1. The van der Waals surface area contributed by atoms with Crippen molar-refractivity contribution in [2.45, 2.75) is 6.54 Å². The molecule has 0 aliphatic heterocycles. The number of H-pyrrole nitrogens is 1. The summed E-state index contributed by atoms with van der Waals surface area (Å²) in [7, 11) is 1.70. The van der Waals surface area contributed by atoms with E-state index in [1.807, 2.05) is 0 Å². The molecule has 0 spiro atoms. The van der Waals surface area contributed by atoms with E-state index in [-0.39, 0.29) is 12.5 Å². The van der Waals surface area contributed by atoms with Gasteiger partial charge >= 0.3 is 0 Å². The summed E-state index contributed by atoms with van der Waals surface area (Å²) in [6, 6.07) is 6.91. The van der Waals surface area contributed by atoms with Crippen molar-refractivity contribution in [3.63, 3.8) is 0 Å². The minimum absolute atomic E-state index is 0.108. The van der Waals surface area contributed by atoms with Gasteiger partial charge in [-0.05, 0) is 24.3 Å². The number of aromatic amines is 1. The Labute approximate surface area is 116 Å². The van der Waals surface area contributed by atoms with Crippen molar-refractivity contribution in [2.75, 3.05) is 13.7 Å². The number of nitrogens with one attached hydrogen (secondary N) is 1. The minimum Gasteiger partial charge on any atom is -0.384 e. The second kappa shape index (κ2) is 6.50. The van der Waals surface area contributed by atoms with E-state index in [2.05, 4.69) is 27.0 Å². The monoisotopic (exact) mass is 270 g/mol. The average Bonchev–Trinajstić information content (AvgIpc) is 2.97. The smallest absolute Gasteiger partial charge is 0.254 e. The van der Waals surface area contributed by atoms with Gasteiger partial charge in [-0.15, -0.1) is 0 Å². The molecule has 0 radical (unpaired) electrons. The van der Waals surface area contributed by atoms with Gasteiger partial charge in [0.15, 0.2) is 0 Å². The van der Waals surface area contributed by atoms with Crippen LogP contribution in [0.1, 0.15) is 21.7 Å². The van der Waals surface area contributed by atoms with E-state index in [0.29, 0.717) is 17.9 Å². The van der Waals surface area contributed by atoms with Crippen molar-refractivity contribution in [1.29, 1.82) is 0 Å². The predicted octanol–water partition coefficient (Wildman–Crippen LogP) is 0.421. The summed E-state index contributed by atoms with van der Waals surface area (Å²) in [6.45, 7) is 0.186. The Morgan fingerprint density at radius 3 is 2.75 bits per heavy atom. The quantitative estimate of drug-likeness (QED) is 0.792. The Hall–Kier alpha value is -2.65. The molecule has 0 aliphatic rings. The molecule has 0 atom stereocenters. The van der Waals surface area contributed by atoms with Crippen LogP contribution in [0.5, 0.6) is 0 Å². The van der Waals surface area contributed by atoms with Gasteiger partial charge in [-0.3, -0.25) is 9.89 Å². The number of rotatable bonds is 3. The largest absolute Gasteiger partial charge is 0.384 e. The fourth-order valence-electron chi connectivity index (χ4n) is 1.66. The van der Waals surface area contributed by atoms with Crippen LogP contribution in [0.25, 0.3) is 0 Å². The van der Waals surface area contributed by atoms with Crippen LogP contribution < -0.4 is 0 Å². The highest BCUT2D eigenvalue weighted by Gasteiger charge is 2.12. The van der Waals surface area contributed by atoms with E-state index in [9.17, 15) is 4.79 Å².